The molecule has 0 fully saturated rings. The average Bonchev–Trinajstić information content (AvgIpc) is 3.26. The highest BCUT2D eigenvalue weighted by Crippen LogP contribution is 2.36. The molecular formula is C30H24Br2N2O5S. The number of rotatable bonds is 7. The molecule has 0 bridgehead atoms. The molecule has 2 heterocycles. The fourth-order valence-corrected chi connectivity index (χ4v) is 7.02. The van der Waals surface area contributed by atoms with E-state index in [2.05, 4.69) is 31.9 Å². The standard InChI is InChI=1S/C30H24Br2N2O5S/c1-4-39-29(36)24-25(17-9-6-5-7-10-17)33-30-34(26(24)18-11-8-12-21(14-18)37-2)28(35)23(40-30)15-19-13-20(31)16-22(32)27(19)38-3/h5-16,26H,4H2,1-3H3/b23-15-/t26-/m0/s1. The van der Waals surface area contributed by atoms with Crippen LogP contribution in [0.3, 0.4) is 0 Å². The smallest absolute Gasteiger partial charge is 0.338 e. The SMILES string of the molecule is CCOC(=O)C1=C(c2ccccc2)N=c2s/c(=C\c3cc(Br)cc(Br)c3OC)c(=O)n2[C@H]1c1cccc(OC)c1. The maximum Gasteiger partial charge on any atom is 0.338 e. The van der Waals surface area contributed by atoms with E-state index in [-0.39, 0.29) is 17.7 Å². The number of hydrogen-bond donors (Lipinski definition) is 0. The Balaban J connectivity index is 1.86. The number of thiazole rings is 1. The van der Waals surface area contributed by atoms with E-state index >= 15 is 0 Å². The first-order valence-electron chi connectivity index (χ1n) is 12.3. The second-order valence-corrected chi connectivity index (χ2v) is 11.5. The summed E-state index contributed by atoms with van der Waals surface area (Å²) in [6.45, 7) is 1.93. The predicted octanol–water partition coefficient (Wildman–Crippen LogP) is 5.48. The van der Waals surface area contributed by atoms with Crippen molar-refractivity contribution in [3.63, 3.8) is 0 Å². The molecule has 0 N–H and O–H groups in total. The minimum atomic E-state index is -0.793. The zero-order valence-electron chi connectivity index (χ0n) is 21.8. The van der Waals surface area contributed by atoms with Crippen LogP contribution >= 0.6 is 43.2 Å². The fourth-order valence-electron chi connectivity index (χ4n) is 4.61. The third kappa shape index (κ3) is 5.31. The minimum Gasteiger partial charge on any atom is -0.497 e. The highest BCUT2D eigenvalue weighted by molar-refractivity contribution is 9.11. The molecular weight excluding hydrogens is 660 g/mol. The van der Waals surface area contributed by atoms with E-state index in [1.165, 1.54) is 11.3 Å². The van der Waals surface area contributed by atoms with Gasteiger partial charge in [-0.3, -0.25) is 9.36 Å². The first-order valence-corrected chi connectivity index (χ1v) is 14.7. The molecule has 4 aromatic rings. The number of methoxy groups -OCH3 is 2. The summed E-state index contributed by atoms with van der Waals surface area (Å²) in [5.41, 5.74) is 2.60. The summed E-state index contributed by atoms with van der Waals surface area (Å²) in [5, 5.41) is 0. The Labute approximate surface area is 251 Å². The van der Waals surface area contributed by atoms with Crippen LogP contribution in [-0.4, -0.2) is 31.4 Å². The zero-order valence-corrected chi connectivity index (χ0v) is 25.8. The van der Waals surface area contributed by atoms with Gasteiger partial charge in [0.15, 0.2) is 4.80 Å². The van der Waals surface area contributed by atoms with Crippen LogP contribution < -0.4 is 24.4 Å². The van der Waals surface area contributed by atoms with Gasteiger partial charge in [0.25, 0.3) is 5.56 Å². The molecule has 1 atom stereocenters. The number of benzene rings is 3. The van der Waals surface area contributed by atoms with Crippen molar-refractivity contribution in [2.75, 3.05) is 20.8 Å². The molecule has 1 aromatic heterocycles. The van der Waals surface area contributed by atoms with Gasteiger partial charge in [-0.2, -0.15) is 0 Å². The Bertz CT molecular complexity index is 1810. The number of fused-ring (bicyclic) bond motifs is 1. The third-order valence-electron chi connectivity index (χ3n) is 6.31. The molecule has 10 heteroatoms. The molecule has 0 spiro atoms. The van der Waals surface area contributed by atoms with Gasteiger partial charge in [-0.25, -0.2) is 9.79 Å². The topological polar surface area (TPSA) is 79.1 Å². The molecule has 0 radical (unpaired) electrons. The summed E-state index contributed by atoms with van der Waals surface area (Å²) in [6, 6.07) is 19.7. The van der Waals surface area contributed by atoms with Crippen molar-refractivity contribution >= 4 is 60.9 Å². The minimum absolute atomic E-state index is 0.178. The number of nitrogens with zero attached hydrogens (tertiary/aromatic N) is 2. The fraction of sp³-hybridized carbons (Fsp3) is 0.167. The lowest BCUT2D eigenvalue weighted by Gasteiger charge is -2.26. The Kier molecular flexibility index (Phi) is 8.39. The van der Waals surface area contributed by atoms with Crippen molar-refractivity contribution in [2.24, 2.45) is 4.99 Å². The normalized spacial score (nSPS) is 14.9. The van der Waals surface area contributed by atoms with Crippen LogP contribution in [0.1, 0.15) is 29.7 Å². The number of carbonyl (C=O) groups excluding carboxylic acids is 1. The van der Waals surface area contributed by atoms with Crippen LogP contribution in [0.2, 0.25) is 0 Å². The van der Waals surface area contributed by atoms with Crippen molar-refractivity contribution in [2.45, 2.75) is 13.0 Å². The summed E-state index contributed by atoms with van der Waals surface area (Å²) in [5.74, 6) is 0.658. The van der Waals surface area contributed by atoms with Gasteiger partial charge in [0.1, 0.15) is 11.5 Å². The summed E-state index contributed by atoms with van der Waals surface area (Å²) in [7, 11) is 3.15. The van der Waals surface area contributed by atoms with E-state index in [4.69, 9.17) is 19.2 Å². The Morgan fingerprint density at radius 1 is 1.05 bits per heavy atom. The highest BCUT2D eigenvalue weighted by atomic mass is 79.9. The van der Waals surface area contributed by atoms with E-state index in [0.29, 0.717) is 37.7 Å². The summed E-state index contributed by atoms with van der Waals surface area (Å²) < 4.78 is 20.2. The van der Waals surface area contributed by atoms with Gasteiger partial charge in [0, 0.05) is 15.6 Å². The second kappa shape index (κ2) is 12.0. The number of aromatic nitrogens is 1. The largest absolute Gasteiger partial charge is 0.497 e. The van der Waals surface area contributed by atoms with Gasteiger partial charge >= 0.3 is 5.97 Å². The number of esters is 1. The molecule has 3 aromatic carbocycles. The number of carbonyl (C=O) groups is 1. The van der Waals surface area contributed by atoms with Crippen molar-refractivity contribution in [1.82, 2.24) is 4.57 Å². The van der Waals surface area contributed by atoms with Crippen LogP contribution in [0, 0.1) is 0 Å². The first-order chi connectivity index (χ1) is 19.4. The lowest BCUT2D eigenvalue weighted by atomic mass is 9.93. The molecule has 5 rings (SSSR count). The summed E-state index contributed by atoms with van der Waals surface area (Å²) in [4.78, 5) is 33.0. The molecule has 0 saturated heterocycles. The van der Waals surface area contributed by atoms with Crippen LogP contribution in [0.15, 0.2) is 91.0 Å². The highest BCUT2D eigenvalue weighted by Gasteiger charge is 2.35. The quantitative estimate of drug-likeness (QED) is 0.241. The van der Waals surface area contributed by atoms with Crippen molar-refractivity contribution in [1.29, 1.82) is 0 Å². The van der Waals surface area contributed by atoms with Crippen molar-refractivity contribution in [3.8, 4) is 11.5 Å². The van der Waals surface area contributed by atoms with E-state index in [1.807, 2.05) is 66.7 Å². The molecule has 40 heavy (non-hydrogen) atoms. The molecule has 1 aliphatic rings. The van der Waals surface area contributed by atoms with Crippen LogP contribution in [0.25, 0.3) is 11.8 Å². The summed E-state index contributed by atoms with van der Waals surface area (Å²) >= 11 is 8.29. The Hall–Kier alpha value is -3.47. The van der Waals surface area contributed by atoms with Gasteiger partial charge in [-0.15, -0.1) is 0 Å². The van der Waals surface area contributed by atoms with E-state index in [1.54, 1.807) is 31.8 Å². The maximum atomic E-state index is 14.1. The van der Waals surface area contributed by atoms with E-state index in [9.17, 15) is 9.59 Å². The Morgan fingerprint density at radius 2 is 1.82 bits per heavy atom. The van der Waals surface area contributed by atoms with Crippen molar-refractivity contribution < 1.29 is 19.0 Å². The third-order valence-corrected chi connectivity index (χ3v) is 8.34. The van der Waals surface area contributed by atoms with Crippen LogP contribution in [-0.2, 0) is 9.53 Å². The monoisotopic (exact) mass is 682 g/mol. The number of halogens is 2. The van der Waals surface area contributed by atoms with Gasteiger partial charge < -0.3 is 14.2 Å². The summed E-state index contributed by atoms with van der Waals surface area (Å²) in [6.07, 6.45) is 1.77. The number of ether oxygens (including phenoxy) is 3. The van der Waals surface area contributed by atoms with Gasteiger partial charge in [0.05, 0.1) is 47.1 Å². The maximum absolute atomic E-state index is 14.1. The molecule has 7 nitrogen and oxygen atoms in total. The van der Waals surface area contributed by atoms with Crippen LogP contribution in [0.5, 0.6) is 11.5 Å². The van der Waals surface area contributed by atoms with Crippen LogP contribution in [0.4, 0.5) is 0 Å². The lowest BCUT2D eigenvalue weighted by Crippen LogP contribution is -2.40. The molecule has 0 saturated carbocycles. The number of hydrogen-bond acceptors (Lipinski definition) is 7. The van der Waals surface area contributed by atoms with E-state index < -0.39 is 12.0 Å². The van der Waals surface area contributed by atoms with Gasteiger partial charge in [0.2, 0.25) is 0 Å². The first kappa shape index (κ1) is 28.1. The Morgan fingerprint density at radius 3 is 2.52 bits per heavy atom. The molecule has 204 valence electrons. The molecule has 0 unspecified atom stereocenters. The average molecular weight is 684 g/mol. The van der Waals surface area contributed by atoms with E-state index in [0.717, 1.165) is 14.5 Å². The van der Waals surface area contributed by atoms with Crippen molar-refractivity contribution in [3.05, 3.63) is 118 Å². The predicted molar refractivity (Wildman–Crippen MR) is 162 cm³/mol. The second-order valence-electron chi connectivity index (χ2n) is 8.72. The molecule has 0 amide bonds. The lowest BCUT2D eigenvalue weighted by molar-refractivity contribution is -0.138. The molecule has 1 aliphatic heterocycles. The zero-order chi connectivity index (χ0) is 28.4. The van der Waals surface area contributed by atoms with Gasteiger partial charge in [-0.1, -0.05) is 69.7 Å². The molecule has 0 aliphatic carbocycles. The van der Waals surface area contributed by atoms with Gasteiger partial charge in [-0.05, 0) is 58.8 Å².